The van der Waals surface area contributed by atoms with Gasteiger partial charge in [-0.15, -0.1) is 0 Å². The summed E-state index contributed by atoms with van der Waals surface area (Å²) in [6.07, 6.45) is 1.44. The first-order chi connectivity index (χ1) is 5.71. The van der Waals surface area contributed by atoms with Gasteiger partial charge in [-0.1, -0.05) is 0 Å². The Bertz CT molecular complexity index is 183. The molecule has 0 heterocycles. The van der Waals surface area contributed by atoms with E-state index < -0.39 is 5.54 Å². The third kappa shape index (κ3) is 1.32. The van der Waals surface area contributed by atoms with Crippen molar-refractivity contribution in [3.8, 4) is 0 Å². The second-order valence-electron chi connectivity index (χ2n) is 3.13. The molecule has 0 aromatic rings. The number of hydrogen-bond acceptors (Lipinski definition) is 4. The van der Waals surface area contributed by atoms with Crippen LogP contribution in [0.3, 0.4) is 0 Å². The van der Waals surface area contributed by atoms with E-state index in [1.807, 2.05) is 0 Å². The van der Waals surface area contributed by atoms with Crippen molar-refractivity contribution in [3.05, 3.63) is 0 Å². The van der Waals surface area contributed by atoms with Crippen molar-refractivity contribution in [2.75, 3.05) is 20.8 Å². The number of carbonyl (C=O) groups excluding carboxylic acids is 1. The fourth-order valence-corrected chi connectivity index (χ4v) is 1.67. The molecular weight excluding hydrogens is 158 g/mol. The zero-order chi connectivity index (χ0) is 9.19. The molecule has 1 saturated carbocycles. The van der Waals surface area contributed by atoms with Crippen molar-refractivity contribution in [2.24, 2.45) is 5.92 Å². The summed E-state index contributed by atoms with van der Waals surface area (Å²) in [5.74, 6) is 0.0170. The predicted molar refractivity (Wildman–Crippen MR) is 43.6 cm³/mol. The van der Waals surface area contributed by atoms with Gasteiger partial charge in [0.15, 0.2) is 0 Å². The minimum atomic E-state index is -0.502. The predicted octanol–water partition coefficient (Wildman–Crippen LogP) is -0.480. The van der Waals surface area contributed by atoms with E-state index in [0.29, 0.717) is 6.42 Å². The van der Waals surface area contributed by atoms with Crippen molar-refractivity contribution in [3.63, 3.8) is 0 Å². The molecule has 0 spiro atoms. The summed E-state index contributed by atoms with van der Waals surface area (Å²) in [6.45, 7) is 0.130. The first-order valence-electron chi connectivity index (χ1n) is 4.09. The molecule has 1 rings (SSSR count). The third-order valence-electron chi connectivity index (χ3n) is 2.58. The monoisotopic (exact) mass is 173 g/mol. The number of nitrogens with one attached hydrogen (secondary N) is 1. The normalized spacial score (nSPS) is 33.1. The average molecular weight is 173 g/mol. The van der Waals surface area contributed by atoms with Gasteiger partial charge in [-0.3, -0.25) is 4.79 Å². The average Bonchev–Trinajstić information content (AvgIpc) is 2.79. The van der Waals surface area contributed by atoms with E-state index in [0.717, 1.165) is 6.42 Å². The minimum absolute atomic E-state index is 0.130. The summed E-state index contributed by atoms with van der Waals surface area (Å²) in [5, 5.41) is 11.6. The number of rotatable bonds is 4. The molecule has 0 aliphatic heterocycles. The lowest BCUT2D eigenvalue weighted by Crippen LogP contribution is -2.39. The van der Waals surface area contributed by atoms with Gasteiger partial charge in [-0.25, -0.2) is 0 Å². The molecule has 70 valence electrons. The Morgan fingerprint density at radius 2 is 2.50 bits per heavy atom. The van der Waals surface area contributed by atoms with Crippen LogP contribution in [0.15, 0.2) is 0 Å². The SMILES string of the molecule is CN[C@]1(C(=O)OC)C[C@H]1CCO. The molecule has 0 radical (unpaired) electrons. The van der Waals surface area contributed by atoms with E-state index in [1.54, 1.807) is 7.05 Å². The lowest BCUT2D eigenvalue weighted by molar-refractivity contribution is -0.144. The van der Waals surface area contributed by atoms with Crippen molar-refractivity contribution in [2.45, 2.75) is 18.4 Å². The van der Waals surface area contributed by atoms with Gasteiger partial charge in [-0.05, 0) is 25.8 Å². The number of aliphatic hydroxyl groups excluding tert-OH is 1. The molecule has 2 atom stereocenters. The second-order valence-corrected chi connectivity index (χ2v) is 3.13. The summed E-state index contributed by atoms with van der Waals surface area (Å²) >= 11 is 0. The number of hydrogen-bond donors (Lipinski definition) is 2. The lowest BCUT2D eigenvalue weighted by Gasteiger charge is -2.12. The van der Waals surface area contributed by atoms with Gasteiger partial charge < -0.3 is 15.2 Å². The largest absolute Gasteiger partial charge is 0.468 e. The standard InChI is InChI=1S/C8H15NO3/c1-9-8(7(11)12-2)5-6(8)3-4-10/h6,9-10H,3-5H2,1-2H3/t6-,8-/m1/s1. The van der Waals surface area contributed by atoms with Crippen molar-refractivity contribution < 1.29 is 14.6 Å². The van der Waals surface area contributed by atoms with Crippen LogP contribution in [-0.2, 0) is 9.53 Å². The molecule has 12 heavy (non-hydrogen) atoms. The van der Waals surface area contributed by atoms with E-state index in [9.17, 15) is 4.79 Å². The zero-order valence-electron chi connectivity index (χ0n) is 7.46. The molecule has 0 amide bonds. The van der Waals surface area contributed by atoms with E-state index in [-0.39, 0.29) is 18.5 Å². The number of carbonyl (C=O) groups is 1. The Morgan fingerprint density at radius 3 is 2.92 bits per heavy atom. The summed E-state index contributed by atoms with van der Waals surface area (Å²) in [5.41, 5.74) is -0.502. The van der Waals surface area contributed by atoms with Crippen LogP contribution in [0.1, 0.15) is 12.8 Å². The molecule has 0 unspecified atom stereocenters. The fourth-order valence-electron chi connectivity index (χ4n) is 1.67. The van der Waals surface area contributed by atoms with Crippen LogP contribution in [0.25, 0.3) is 0 Å². The Hall–Kier alpha value is -0.610. The zero-order valence-corrected chi connectivity index (χ0v) is 7.46. The molecule has 0 aromatic heterocycles. The second kappa shape index (κ2) is 3.41. The quantitative estimate of drug-likeness (QED) is 0.564. The first kappa shape index (κ1) is 9.48. The lowest BCUT2D eigenvalue weighted by atomic mass is 10.1. The highest BCUT2D eigenvalue weighted by atomic mass is 16.5. The van der Waals surface area contributed by atoms with Gasteiger partial charge in [0.25, 0.3) is 0 Å². The van der Waals surface area contributed by atoms with Crippen molar-refractivity contribution in [1.82, 2.24) is 5.32 Å². The fraction of sp³-hybridized carbons (Fsp3) is 0.875. The molecule has 4 nitrogen and oxygen atoms in total. The van der Waals surface area contributed by atoms with Gasteiger partial charge in [0.2, 0.25) is 0 Å². The highest BCUT2D eigenvalue weighted by molar-refractivity contribution is 5.85. The summed E-state index contributed by atoms with van der Waals surface area (Å²) < 4.78 is 4.66. The van der Waals surface area contributed by atoms with Gasteiger partial charge in [0, 0.05) is 6.61 Å². The van der Waals surface area contributed by atoms with E-state index in [2.05, 4.69) is 10.1 Å². The molecule has 0 bridgehead atoms. The number of ether oxygens (including phenoxy) is 1. The van der Waals surface area contributed by atoms with Crippen LogP contribution in [0.4, 0.5) is 0 Å². The van der Waals surface area contributed by atoms with Crippen molar-refractivity contribution >= 4 is 5.97 Å². The Morgan fingerprint density at radius 1 is 1.83 bits per heavy atom. The topological polar surface area (TPSA) is 58.6 Å². The molecular formula is C8H15NO3. The van der Waals surface area contributed by atoms with E-state index in [4.69, 9.17) is 5.11 Å². The molecule has 2 N–H and O–H groups in total. The summed E-state index contributed by atoms with van der Waals surface area (Å²) in [6, 6.07) is 0. The molecule has 1 fully saturated rings. The highest BCUT2D eigenvalue weighted by Gasteiger charge is 2.59. The Kier molecular flexibility index (Phi) is 2.69. The van der Waals surface area contributed by atoms with Crippen LogP contribution in [0, 0.1) is 5.92 Å². The molecule has 1 aliphatic rings. The maximum absolute atomic E-state index is 11.2. The molecule has 0 aromatic carbocycles. The van der Waals surface area contributed by atoms with Crippen LogP contribution in [0.5, 0.6) is 0 Å². The summed E-state index contributed by atoms with van der Waals surface area (Å²) in [4.78, 5) is 11.2. The third-order valence-corrected chi connectivity index (χ3v) is 2.58. The van der Waals surface area contributed by atoms with Crippen LogP contribution >= 0.6 is 0 Å². The Balaban J connectivity index is 2.52. The maximum Gasteiger partial charge on any atom is 0.326 e. The summed E-state index contributed by atoms with van der Waals surface area (Å²) in [7, 11) is 3.13. The number of esters is 1. The molecule has 4 heteroatoms. The number of aliphatic hydroxyl groups is 1. The molecule has 0 saturated heterocycles. The van der Waals surface area contributed by atoms with Gasteiger partial charge >= 0.3 is 5.97 Å². The minimum Gasteiger partial charge on any atom is -0.468 e. The highest BCUT2D eigenvalue weighted by Crippen LogP contribution is 2.46. The van der Waals surface area contributed by atoms with Gasteiger partial charge in [0.1, 0.15) is 5.54 Å². The Labute approximate surface area is 71.9 Å². The van der Waals surface area contributed by atoms with Crippen LogP contribution < -0.4 is 5.32 Å². The van der Waals surface area contributed by atoms with Crippen molar-refractivity contribution in [1.29, 1.82) is 0 Å². The molecule has 1 aliphatic carbocycles. The van der Waals surface area contributed by atoms with E-state index >= 15 is 0 Å². The van der Waals surface area contributed by atoms with Crippen LogP contribution in [0.2, 0.25) is 0 Å². The smallest absolute Gasteiger partial charge is 0.326 e. The van der Waals surface area contributed by atoms with Crippen LogP contribution in [-0.4, -0.2) is 37.4 Å². The first-order valence-corrected chi connectivity index (χ1v) is 4.09. The number of methoxy groups -OCH3 is 1. The maximum atomic E-state index is 11.2. The van der Waals surface area contributed by atoms with Gasteiger partial charge in [-0.2, -0.15) is 0 Å². The number of likely N-dealkylation sites (N-methyl/N-ethyl adjacent to an activating group) is 1. The van der Waals surface area contributed by atoms with Gasteiger partial charge in [0.05, 0.1) is 7.11 Å². The van der Waals surface area contributed by atoms with E-state index in [1.165, 1.54) is 7.11 Å².